The molecule has 2 saturated heterocycles. The molecule has 12 heavy (non-hydrogen) atoms. The summed E-state index contributed by atoms with van der Waals surface area (Å²) in [6.45, 7) is 4.52. The van der Waals surface area contributed by atoms with Crippen LogP contribution in [0.4, 0.5) is 0 Å². The van der Waals surface area contributed by atoms with Crippen molar-refractivity contribution in [2.24, 2.45) is 5.73 Å². The molecule has 2 rings (SSSR count). The molecule has 72 valence electrons. The van der Waals surface area contributed by atoms with Crippen LogP contribution in [0.2, 0.25) is 0 Å². The van der Waals surface area contributed by atoms with Crippen LogP contribution in [0.3, 0.4) is 0 Å². The summed E-state index contributed by atoms with van der Waals surface area (Å²) in [4.78, 5) is 0. The molecule has 2 atom stereocenters. The second-order valence-corrected chi connectivity index (χ2v) is 4.36. The van der Waals surface area contributed by atoms with Crippen molar-refractivity contribution < 1.29 is 4.74 Å². The van der Waals surface area contributed by atoms with Crippen molar-refractivity contribution in [3.8, 4) is 0 Å². The monoisotopic (exact) mass is 171 g/mol. The fourth-order valence-electron chi connectivity index (χ4n) is 2.41. The third-order valence-electron chi connectivity index (χ3n) is 3.09. The Morgan fingerprint density at radius 3 is 1.67 bits per heavy atom. The summed E-state index contributed by atoms with van der Waals surface area (Å²) in [6.07, 6.45) is 6.49. The van der Waals surface area contributed by atoms with E-state index in [1.54, 1.807) is 0 Å². The number of nitrogens with two attached hydrogens (primary N) is 1. The Morgan fingerprint density at radius 1 is 0.917 bits per heavy atom. The normalized spacial score (nSPS) is 45.0. The molecule has 0 aliphatic carbocycles. The van der Waals surface area contributed by atoms with Gasteiger partial charge in [-0.1, -0.05) is 0 Å². The highest BCUT2D eigenvalue weighted by Crippen LogP contribution is 2.47. The lowest BCUT2D eigenvalue weighted by molar-refractivity contribution is -0.120. The van der Waals surface area contributed by atoms with Crippen LogP contribution in [-0.4, -0.2) is 18.2 Å². The predicted molar refractivity (Wildman–Crippen MR) is 51.1 cm³/mol. The molecule has 2 aliphatic heterocycles. The second-order valence-electron chi connectivity index (χ2n) is 4.36. The number of ether oxygens (including phenoxy) is 1. The summed E-state index contributed by atoms with van der Waals surface area (Å²) in [5.41, 5.74) is 5.01. The van der Waals surface area contributed by atoms with Gasteiger partial charge in [-0.15, -0.1) is 0 Å². The number of hydrogen-bond donors (Lipinski definition) is 1. The molecule has 0 aromatic rings. The van der Waals surface area contributed by atoms with E-state index >= 15 is 0 Å². The Bertz CT molecular complexity index is 144. The second kappa shape index (κ2) is 3.35. The van der Waals surface area contributed by atoms with Gasteiger partial charge < -0.3 is 10.5 Å². The van der Waals surface area contributed by atoms with Gasteiger partial charge >= 0.3 is 0 Å². The van der Waals surface area contributed by atoms with Crippen molar-refractivity contribution in [1.82, 2.24) is 0 Å². The fourth-order valence-corrected chi connectivity index (χ4v) is 2.41. The Balaban J connectivity index is 0.000000336. The third-order valence-corrected chi connectivity index (χ3v) is 3.09. The van der Waals surface area contributed by atoms with E-state index in [1.165, 1.54) is 39.2 Å². The van der Waals surface area contributed by atoms with Crippen LogP contribution < -0.4 is 5.73 Å². The molecule has 0 spiro atoms. The zero-order chi connectivity index (χ0) is 9.24. The Morgan fingerprint density at radius 2 is 1.33 bits per heavy atom. The van der Waals surface area contributed by atoms with E-state index in [9.17, 15) is 0 Å². The van der Waals surface area contributed by atoms with Gasteiger partial charge in [0.2, 0.25) is 0 Å². The van der Waals surface area contributed by atoms with Crippen molar-refractivity contribution in [2.75, 3.05) is 7.05 Å². The Hall–Kier alpha value is -0.0800. The number of fused-ring (bicyclic) bond motifs is 2. The molecule has 2 aliphatic rings. The number of rotatable bonds is 0. The maximum atomic E-state index is 5.97. The lowest BCUT2D eigenvalue weighted by Crippen LogP contribution is -2.35. The molecule has 2 bridgehead atoms. The molecule has 2 unspecified atom stereocenters. The van der Waals surface area contributed by atoms with E-state index in [0.717, 1.165) is 0 Å². The average molecular weight is 171 g/mol. The van der Waals surface area contributed by atoms with Crippen molar-refractivity contribution in [3.63, 3.8) is 0 Å². The predicted octanol–water partition coefficient (Wildman–Crippen LogP) is 2.07. The van der Waals surface area contributed by atoms with Crippen LogP contribution in [0.5, 0.6) is 0 Å². The molecule has 2 N–H and O–H groups in total. The highest BCUT2D eigenvalue weighted by Gasteiger charge is 2.46. The molecule has 0 saturated carbocycles. The molecule has 2 heterocycles. The fraction of sp³-hybridized carbons (Fsp3) is 1.00. The van der Waals surface area contributed by atoms with E-state index < -0.39 is 0 Å². The minimum atomic E-state index is 0.257. The first kappa shape index (κ1) is 10.0. The third kappa shape index (κ3) is 1.80. The maximum absolute atomic E-state index is 5.97. The zero-order valence-corrected chi connectivity index (χ0v) is 8.52. The summed E-state index contributed by atoms with van der Waals surface area (Å²) in [7, 11) is 1.50. The van der Waals surface area contributed by atoms with Gasteiger partial charge in [0.1, 0.15) is 0 Å². The molecule has 0 aromatic heterocycles. The van der Waals surface area contributed by atoms with Crippen molar-refractivity contribution >= 4 is 0 Å². The van der Waals surface area contributed by atoms with E-state index in [0.29, 0.717) is 0 Å². The maximum Gasteiger partial charge on any atom is 0.0663 e. The summed E-state index contributed by atoms with van der Waals surface area (Å²) >= 11 is 0. The van der Waals surface area contributed by atoms with Crippen molar-refractivity contribution in [1.29, 1.82) is 0 Å². The van der Waals surface area contributed by atoms with Crippen molar-refractivity contribution in [2.45, 2.75) is 57.2 Å². The molecule has 2 fully saturated rings. The van der Waals surface area contributed by atoms with E-state index in [-0.39, 0.29) is 11.2 Å². The Kier molecular flexibility index (Phi) is 2.79. The van der Waals surface area contributed by atoms with E-state index in [2.05, 4.69) is 19.6 Å². The van der Waals surface area contributed by atoms with Crippen LogP contribution in [0.15, 0.2) is 0 Å². The van der Waals surface area contributed by atoms with Crippen LogP contribution >= 0.6 is 0 Å². The first-order chi connectivity index (χ1) is 5.62. The van der Waals surface area contributed by atoms with Gasteiger partial charge in [-0.25, -0.2) is 0 Å². The van der Waals surface area contributed by atoms with Gasteiger partial charge in [0, 0.05) is 0 Å². The standard InChI is InChI=1S/C9H16O.CH5N/c1-8-4-3-5-9(2,10-8)7-6-8;1-2/h3-7H2,1-2H3;2H2,1H3. The largest absolute Gasteiger partial charge is 0.369 e. The molecule has 2 nitrogen and oxygen atoms in total. The smallest absolute Gasteiger partial charge is 0.0663 e. The summed E-state index contributed by atoms with van der Waals surface area (Å²) < 4.78 is 5.97. The first-order valence-corrected chi connectivity index (χ1v) is 4.90. The lowest BCUT2D eigenvalue weighted by Gasteiger charge is -2.35. The highest BCUT2D eigenvalue weighted by atomic mass is 16.5. The number of hydrogen-bond acceptors (Lipinski definition) is 2. The highest BCUT2D eigenvalue weighted by molar-refractivity contribution is 4.96. The molecular formula is C10H21NO. The Labute approximate surface area is 75.5 Å². The molecule has 0 radical (unpaired) electrons. The quantitative estimate of drug-likeness (QED) is 0.605. The van der Waals surface area contributed by atoms with E-state index in [1.807, 2.05) is 0 Å². The van der Waals surface area contributed by atoms with Crippen LogP contribution in [0.1, 0.15) is 46.0 Å². The lowest BCUT2D eigenvalue weighted by atomic mass is 9.95. The minimum absolute atomic E-state index is 0.257. The van der Waals surface area contributed by atoms with E-state index in [4.69, 9.17) is 4.74 Å². The topological polar surface area (TPSA) is 35.2 Å². The van der Waals surface area contributed by atoms with Gasteiger partial charge in [0.15, 0.2) is 0 Å². The van der Waals surface area contributed by atoms with Crippen LogP contribution in [-0.2, 0) is 4.74 Å². The van der Waals surface area contributed by atoms with Crippen molar-refractivity contribution in [3.05, 3.63) is 0 Å². The molecule has 0 aromatic carbocycles. The summed E-state index contributed by atoms with van der Waals surface area (Å²) in [5, 5.41) is 0. The van der Waals surface area contributed by atoms with Crippen LogP contribution in [0.25, 0.3) is 0 Å². The van der Waals surface area contributed by atoms with Gasteiger partial charge in [0.25, 0.3) is 0 Å². The zero-order valence-electron chi connectivity index (χ0n) is 8.52. The van der Waals surface area contributed by atoms with Crippen LogP contribution in [0, 0.1) is 0 Å². The molecule has 0 amide bonds. The summed E-state index contributed by atoms with van der Waals surface area (Å²) in [6, 6.07) is 0. The average Bonchev–Trinajstić information content (AvgIpc) is 2.25. The van der Waals surface area contributed by atoms with Gasteiger partial charge in [0.05, 0.1) is 11.2 Å². The SMILES string of the molecule is CC12CCCC(C)(CC1)O2.CN. The van der Waals surface area contributed by atoms with Gasteiger partial charge in [-0.2, -0.15) is 0 Å². The molecular weight excluding hydrogens is 150 g/mol. The summed E-state index contributed by atoms with van der Waals surface area (Å²) in [5.74, 6) is 0. The molecule has 2 heteroatoms. The minimum Gasteiger partial charge on any atom is -0.369 e. The first-order valence-electron chi connectivity index (χ1n) is 4.90. The van der Waals surface area contributed by atoms with Gasteiger partial charge in [-0.3, -0.25) is 0 Å². The van der Waals surface area contributed by atoms with Gasteiger partial charge in [-0.05, 0) is 53.0 Å².